The number of likely N-dealkylation sites (tertiary alicyclic amines) is 1. The molecule has 0 spiro atoms. The first kappa shape index (κ1) is 17.5. The van der Waals surface area contributed by atoms with E-state index in [0.717, 1.165) is 25.1 Å². The number of amides is 1. The molecule has 2 aromatic rings. The monoisotopic (exact) mass is 370 g/mol. The number of aryl methyl sites for hydroxylation is 1. The molecule has 0 unspecified atom stereocenters. The third-order valence-electron chi connectivity index (χ3n) is 5.61. The van der Waals surface area contributed by atoms with Crippen LogP contribution in [0.3, 0.4) is 0 Å². The number of aromatic nitrogens is 2. The first-order valence-corrected chi connectivity index (χ1v) is 9.29. The highest BCUT2D eigenvalue weighted by Gasteiger charge is 2.37. The Bertz CT molecular complexity index is 918. The van der Waals surface area contributed by atoms with Gasteiger partial charge in [0.2, 0.25) is 5.91 Å². The number of hydrogen-bond acceptors (Lipinski definition) is 4. The molecule has 4 heterocycles. The lowest BCUT2D eigenvalue weighted by Crippen LogP contribution is -2.49. The normalized spacial score (nSPS) is 21.0. The highest BCUT2D eigenvalue weighted by molar-refractivity contribution is 5.76. The lowest BCUT2D eigenvalue weighted by atomic mass is 9.83. The lowest BCUT2D eigenvalue weighted by Gasteiger charge is -2.42. The van der Waals surface area contributed by atoms with Crippen LogP contribution in [0, 0.1) is 16.0 Å². The molecule has 8 nitrogen and oxygen atoms in total. The van der Waals surface area contributed by atoms with E-state index in [1.807, 2.05) is 29.4 Å². The van der Waals surface area contributed by atoms with Gasteiger partial charge < -0.3 is 14.0 Å². The van der Waals surface area contributed by atoms with Crippen LogP contribution in [0.15, 0.2) is 41.5 Å². The number of nitro groups is 1. The van der Waals surface area contributed by atoms with Gasteiger partial charge in [-0.2, -0.15) is 0 Å². The minimum atomic E-state index is -0.624. The van der Waals surface area contributed by atoms with Crippen LogP contribution in [-0.4, -0.2) is 38.0 Å². The van der Waals surface area contributed by atoms with E-state index in [4.69, 9.17) is 0 Å². The SMILES string of the molecule is O=C(CCCn1cccc1)N1C[C@H]2C[C@@H](C1)c1ccc([N+](=O)[O-])c(=O)n1C2. The van der Waals surface area contributed by atoms with Gasteiger partial charge in [-0.1, -0.05) is 0 Å². The molecule has 1 saturated heterocycles. The zero-order chi connectivity index (χ0) is 19.0. The van der Waals surface area contributed by atoms with Crippen LogP contribution in [-0.2, 0) is 17.9 Å². The summed E-state index contributed by atoms with van der Waals surface area (Å²) in [6, 6.07) is 6.92. The van der Waals surface area contributed by atoms with Crippen molar-refractivity contribution in [3.8, 4) is 0 Å². The van der Waals surface area contributed by atoms with Crippen molar-refractivity contribution in [1.29, 1.82) is 0 Å². The van der Waals surface area contributed by atoms with Crippen LogP contribution in [0.5, 0.6) is 0 Å². The number of piperidine rings is 1. The van der Waals surface area contributed by atoms with E-state index in [-0.39, 0.29) is 23.4 Å². The summed E-state index contributed by atoms with van der Waals surface area (Å²) in [7, 11) is 0. The molecular formula is C19H22N4O4. The summed E-state index contributed by atoms with van der Waals surface area (Å²) < 4.78 is 3.61. The van der Waals surface area contributed by atoms with E-state index in [0.29, 0.717) is 26.1 Å². The van der Waals surface area contributed by atoms with Crippen LogP contribution < -0.4 is 5.56 Å². The molecule has 2 aliphatic rings. The second-order valence-electron chi connectivity index (χ2n) is 7.44. The second kappa shape index (κ2) is 7.02. The minimum absolute atomic E-state index is 0.0689. The average Bonchev–Trinajstić information content (AvgIpc) is 3.15. The molecule has 1 fully saturated rings. The van der Waals surface area contributed by atoms with Crippen LogP contribution in [0.1, 0.15) is 30.9 Å². The van der Waals surface area contributed by atoms with Crippen molar-refractivity contribution < 1.29 is 9.72 Å². The predicted molar refractivity (Wildman–Crippen MR) is 98.5 cm³/mol. The van der Waals surface area contributed by atoms with E-state index >= 15 is 0 Å². The Morgan fingerprint density at radius 3 is 2.70 bits per heavy atom. The Hall–Kier alpha value is -2.90. The van der Waals surface area contributed by atoms with Crippen molar-refractivity contribution in [3.63, 3.8) is 0 Å². The molecule has 0 radical (unpaired) electrons. The zero-order valence-corrected chi connectivity index (χ0v) is 15.0. The number of rotatable bonds is 5. The maximum absolute atomic E-state index is 12.6. The third kappa shape index (κ3) is 3.39. The van der Waals surface area contributed by atoms with Gasteiger partial charge in [0.25, 0.3) is 0 Å². The Kier molecular flexibility index (Phi) is 4.55. The highest BCUT2D eigenvalue weighted by atomic mass is 16.6. The van der Waals surface area contributed by atoms with Crippen molar-refractivity contribution >= 4 is 11.6 Å². The van der Waals surface area contributed by atoms with Crippen molar-refractivity contribution in [2.75, 3.05) is 13.1 Å². The Labute approximate surface area is 156 Å². The van der Waals surface area contributed by atoms with Crippen LogP contribution >= 0.6 is 0 Å². The Balaban J connectivity index is 1.45. The van der Waals surface area contributed by atoms with Crippen molar-refractivity contribution in [2.24, 2.45) is 5.92 Å². The number of hydrogen-bond donors (Lipinski definition) is 0. The molecule has 0 saturated carbocycles. The molecule has 0 aliphatic carbocycles. The van der Waals surface area contributed by atoms with E-state index in [1.54, 1.807) is 10.6 Å². The zero-order valence-electron chi connectivity index (χ0n) is 15.0. The van der Waals surface area contributed by atoms with Gasteiger partial charge in [0.1, 0.15) is 0 Å². The van der Waals surface area contributed by atoms with Crippen molar-refractivity contribution in [1.82, 2.24) is 14.0 Å². The van der Waals surface area contributed by atoms with Gasteiger partial charge >= 0.3 is 11.2 Å². The maximum Gasteiger partial charge on any atom is 0.334 e. The van der Waals surface area contributed by atoms with Gasteiger partial charge in [-0.3, -0.25) is 19.7 Å². The molecule has 8 heteroatoms. The molecule has 0 aromatic carbocycles. The van der Waals surface area contributed by atoms with Crippen LogP contribution in [0.25, 0.3) is 0 Å². The number of nitrogens with zero attached hydrogens (tertiary/aromatic N) is 4. The molecule has 2 atom stereocenters. The average molecular weight is 370 g/mol. The van der Waals surface area contributed by atoms with E-state index in [9.17, 15) is 19.7 Å². The summed E-state index contributed by atoms with van der Waals surface area (Å²) >= 11 is 0. The standard InChI is InChI=1S/C19H22N4O4/c24-18(4-3-9-20-7-1-2-8-20)21-11-14-10-15(13-21)16-5-6-17(23(26)27)19(25)22(16)12-14/h1-2,5-8,14-15H,3-4,9-13H2/t14-,15+/m1/s1. The third-order valence-corrected chi connectivity index (χ3v) is 5.61. The number of carbonyl (C=O) groups excluding carboxylic acids is 1. The van der Waals surface area contributed by atoms with Gasteiger partial charge in [0.15, 0.2) is 0 Å². The number of pyridine rings is 1. The van der Waals surface area contributed by atoms with Gasteiger partial charge in [-0.15, -0.1) is 0 Å². The van der Waals surface area contributed by atoms with Crippen LogP contribution in [0.4, 0.5) is 5.69 Å². The fourth-order valence-corrected chi connectivity index (χ4v) is 4.37. The van der Waals surface area contributed by atoms with Gasteiger partial charge in [-0.05, 0) is 37.0 Å². The van der Waals surface area contributed by atoms with Crippen LogP contribution in [0.2, 0.25) is 0 Å². The summed E-state index contributed by atoms with van der Waals surface area (Å²) in [5, 5.41) is 11.0. The van der Waals surface area contributed by atoms with E-state index in [2.05, 4.69) is 4.57 Å². The number of fused-ring (bicyclic) bond motifs is 4. The number of carbonyl (C=O) groups is 1. The first-order chi connectivity index (χ1) is 13.0. The predicted octanol–water partition coefficient (Wildman–Crippen LogP) is 1.98. The van der Waals surface area contributed by atoms with Crippen molar-refractivity contribution in [2.45, 2.75) is 38.3 Å². The fraction of sp³-hybridized carbons (Fsp3) is 0.474. The summed E-state index contributed by atoms with van der Waals surface area (Å²) in [5.74, 6) is 0.387. The minimum Gasteiger partial charge on any atom is -0.354 e. The topological polar surface area (TPSA) is 90.4 Å². The Morgan fingerprint density at radius 2 is 1.96 bits per heavy atom. The molecular weight excluding hydrogens is 348 g/mol. The smallest absolute Gasteiger partial charge is 0.334 e. The van der Waals surface area contributed by atoms with Gasteiger partial charge in [0.05, 0.1) is 4.92 Å². The molecule has 2 aliphatic heterocycles. The second-order valence-corrected chi connectivity index (χ2v) is 7.44. The quantitative estimate of drug-likeness (QED) is 0.594. The van der Waals surface area contributed by atoms with E-state index < -0.39 is 10.5 Å². The van der Waals surface area contributed by atoms with E-state index in [1.165, 1.54) is 6.07 Å². The van der Waals surface area contributed by atoms with Gasteiger partial charge in [-0.25, -0.2) is 0 Å². The van der Waals surface area contributed by atoms with Crippen molar-refractivity contribution in [3.05, 3.63) is 62.8 Å². The summed E-state index contributed by atoms with van der Waals surface area (Å²) in [6.07, 6.45) is 6.20. The first-order valence-electron chi connectivity index (χ1n) is 9.29. The maximum atomic E-state index is 12.6. The Morgan fingerprint density at radius 1 is 1.19 bits per heavy atom. The largest absolute Gasteiger partial charge is 0.354 e. The molecule has 0 N–H and O–H groups in total. The lowest BCUT2D eigenvalue weighted by molar-refractivity contribution is -0.386. The molecule has 4 rings (SSSR count). The molecule has 142 valence electrons. The summed E-state index contributed by atoms with van der Waals surface area (Å²) in [6.45, 7) is 2.46. The summed E-state index contributed by atoms with van der Waals surface area (Å²) in [4.78, 5) is 37.3. The molecule has 27 heavy (non-hydrogen) atoms. The molecule has 2 bridgehead atoms. The molecule has 1 amide bonds. The fourth-order valence-electron chi connectivity index (χ4n) is 4.37. The summed E-state index contributed by atoms with van der Waals surface area (Å²) in [5.41, 5.74) is -0.0953. The van der Waals surface area contributed by atoms with Gasteiger partial charge in [0, 0.05) is 62.7 Å². The molecule has 2 aromatic heterocycles. The highest BCUT2D eigenvalue weighted by Crippen LogP contribution is 2.35.